The molecule has 1 aliphatic rings. The Labute approximate surface area is 186 Å². The van der Waals surface area contributed by atoms with E-state index >= 15 is 0 Å². The molecule has 162 valence electrons. The lowest BCUT2D eigenvalue weighted by atomic mass is 9.79. The molecule has 2 aromatic carbocycles. The number of nitrogens with zero attached hydrogens (tertiary/aromatic N) is 3. The van der Waals surface area contributed by atoms with Gasteiger partial charge in [-0.3, -0.25) is 4.98 Å². The van der Waals surface area contributed by atoms with Crippen LogP contribution in [0.4, 0.5) is 0 Å². The highest BCUT2D eigenvalue weighted by Gasteiger charge is 2.51. The van der Waals surface area contributed by atoms with Crippen LogP contribution in [0.3, 0.4) is 0 Å². The fourth-order valence-electron chi connectivity index (χ4n) is 3.57. The Kier molecular flexibility index (Phi) is 4.80. The van der Waals surface area contributed by atoms with Gasteiger partial charge >= 0.3 is 7.12 Å². The zero-order valence-electron chi connectivity index (χ0n) is 18.7. The molecule has 0 unspecified atom stereocenters. The van der Waals surface area contributed by atoms with E-state index in [1.165, 1.54) is 0 Å². The van der Waals surface area contributed by atoms with Crippen LogP contribution in [0.1, 0.15) is 27.7 Å². The molecule has 4 aromatic rings. The molecule has 0 saturated carbocycles. The Morgan fingerprint density at radius 3 is 2.28 bits per heavy atom. The van der Waals surface area contributed by atoms with E-state index in [4.69, 9.17) is 18.6 Å². The summed E-state index contributed by atoms with van der Waals surface area (Å²) in [6.07, 6.45) is 1.72. The summed E-state index contributed by atoms with van der Waals surface area (Å²) in [6.45, 7) is 8.17. The van der Waals surface area contributed by atoms with Crippen LogP contribution in [0.15, 0.2) is 59.3 Å². The molecule has 0 amide bonds. The number of hydrogen-bond acceptors (Lipinski definition) is 7. The predicted molar refractivity (Wildman–Crippen MR) is 123 cm³/mol. The zero-order chi connectivity index (χ0) is 22.5. The van der Waals surface area contributed by atoms with Crippen molar-refractivity contribution in [1.29, 1.82) is 0 Å². The standard InChI is InChI=1S/C24H24BN3O4/c1-23(2)24(3,4)32-25(31-23)18-9-6-15(7-10-18)21-27-22(30-28-21)17-12-16-8-11-19(29-5)13-20(16)26-14-17/h6-14H,1-5H3. The maximum absolute atomic E-state index is 6.12. The molecule has 2 aromatic heterocycles. The van der Waals surface area contributed by atoms with E-state index in [9.17, 15) is 0 Å². The van der Waals surface area contributed by atoms with Gasteiger partial charge in [0, 0.05) is 23.2 Å². The summed E-state index contributed by atoms with van der Waals surface area (Å²) in [4.78, 5) is 9.05. The SMILES string of the molecule is COc1ccc2cc(-c3nc(-c4ccc(B5OC(C)(C)C(C)(C)O5)cc4)no3)cnc2c1. The third kappa shape index (κ3) is 3.55. The van der Waals surface area contributed by atoms with Crippen LogP contribution in [0.25, 0.3) is 33.7 Å². The molecule has 0 N–H and O–H groups in total. The number of hydrogen-bond donors (Lipinski definition) is 0. The second-order valence-corrected chi connectivity index (χ2v) is 8.92. The first-order chi connectivity index (χ1) is 15.3. The highest BCUT2D eigenvalue weighted by atomic mass is 16.7. The molecule has 1 aliphatic heterocycles. The largest absolute Gasteiger partial charge is 0.497 e. The molecule has 0 atom stereocenters. The Hall–Kier alpha value is -3.23. The van der Waals surface area contributed by atoms with Crippen molar-refractivity contribution in [1.82, 2.24) is 15.1 Å². The van der Waals surface area contributed by atoms with Crippen LogP contribution in [-0.4, -0.2) is 40.6 Å². The second-order valence-electron chi connectivity index (χ2n) is 8.92. The summed E-state index contributed by atoms with van der Waals surface area (Å²) in [5.74, 6) is 1.69. The summed E-state index contributed by atoms with van der Waals surface area (Å²) < 4.78 is 23.0. The summed E-state index contributed by atoms with van der Waals surface area (Å²) in [6, 6.07) is 15.5. The second kappa shape index (κ2) is 7.43. The smallest absolute Gasteiger partial charge is 0.494 e. The van der Waals surface area contributed by atoms with E-state index in [2.05, 4.69) is 15.1 Å². The Morgan fingerprint density at radius 1 is 0.875 bits per heavy atom. The molecule has 5 rings (SSSR count). The van der Waals surface area contributed by atoms with Gasteiger partial charge in [0.2, 0.25) is 5.82 Å². The van der Waals surface area contributed by atoms with Gasteiger partial charge in [-0.05, 0) is 51.4 Å². The average Bonchev–Trinajstić information content (AvgIpc) is 3.35. The van der Waals surface area contributed by atoms with Gasteiger partial charge in [0.05, 0.1) is 29.4 Å². The van der Waals surface area contributed by atoms with Gasteiger partial charge in [-0.15, -0.1) is 0 Å². The van der Waals surface area contributed by atoms with Crippen molar-refractivity contribution in [3.05, 3.63) is 54.7 Å². The first-order valence-electron chi connectivity index (χ1n) is 10.5. The molecule has 1 fully saturated rings. The fourth-order valence-corrected chi connectivity index (χ4v) is 3.57. The van der Waals surface area contributed by atoms with Gasteiger partial charge in [-0.2, -0.15) is 4.98 Å². The van der Waals surface area contributed by atoms with Crippen molar-refractivity contribution in [3.63, 3.8) is 0 Å². The minimum atomic E-state index is -0.405. The van der Waals surface area contributed by atoms with Gasteiger partial charge in [-0.25, -0.2) is 0 Å². The number of pyridine rings is 1. The van der Waals surface area contributed by atoms with Crippen LogP contribution >= 0.6 is 0 Å². The zero-order valence-corrected chi connectivity index (χ0v) is 18.7. The number of aromatic nitrogens is 3. The summed E-state index contributed by atoms with van der Waals surface area (Å²) in [5, 5.41) is 5.11. The van der Waals surface area contributed by atoms with Crippen molar-refractivity contribution in [2.24, 2.45) is 0 Å². The predicted octanol–water partition coefficient (Wildman–Crippen LogP) is 4.26. The number of benzene rings is 2. The summed E-state index contributed by atoms with van der Waals surface area (Å²) in [5.41, 5.74) is 2.64. The van der Waals surface area contributed by atoms with Crippen molar-refractivity contribution in [3.8, 4) is 28.6 Å². The minimum Gasteiger partial charge on any atom is -0.497 e. The molecule has 0 radical (unpaired) electrons. The molecule has 8 heteroatoms. The van der Waals surface area contributed by atoms with E-state index in [0.29, 0.717) is 11.7 Å². The van der Waals surface area contributed by atoms with E-state index in [-0.39, 0.29) is 11.2 Å². The molecule has 0 spiro atoms. The maximum Gasteiger partial charge on any atom is 0.494 e. The van der Waals surface area contributed by atoms with Gasteiger partial charge in [0.1, 0.15) is 5.75 Å². The van der Waals surface area contributed by atoms with Gasteiger partial charge in [0.25, 0.3) is 5.89 Å². The molecular formula is C24H24BN3O4. The van der Waals surface area contributed by atoms with Crippen molar-refractivity contribution >= 4 is 23.5 Å². The van der Waals surface area contributed by atoms with E-state index in [0.717, 1.165) is 33.2 Å². The van der Waals surface area contributed by atoms with Gasteiger partial charge < -0.3 is 18.6 Å². The lowest BCUT2D eigenvalue weighted by Crippen LogP contribution is -2.41. The van der Waals surface area contributed by atoms with Gasteiger partial charge in [-0.1, -0.05) is 29.4 Å². The van der Waals surface area contributed by atoms with Crippen LogP contribution in [0.5, 0.6) is 5.75 Å². The summed E-state index contributed by atoms with van der Waals surface area (Å²) >= 11 is 0. The average molecular weight is 429 g/mol. The lowest BCUT2D eigenvalue weighted by molar-refractivity contribution is 0.00578. The molecule has 7 nitrogen and oxygen atoms in total. The molecular weight excluding hydrogens is 405 g/mol. The van der Waals surface area contributed by atoms with E-state index in [1.807, 2.05) is 76.2 Å². The molecule has 3 heterocycles. The summed E-state index contributed by atoms with van der Waals surface area (Å²) in [7, 11) is 1.23. The third-order valence-electron chi connectivity index (χ3n) is 6.26. The Bertz CT molecular complexity index is 1270. The Balaban J connectivity index is 1.37. The quantitative estimate of drug-likeness (QED) is 0.449. The van der Waals surface area contributed by atoms with Crippen LogP contribution in [0, 0.1) is 0 Å². The van der Waals surface area contributed by atoms with Crippen molar-refractivity contribution in [2.75, 3.05) is 7.11 Å². The highest BCUT2D eigenvalue weighted by Crippen LogP contribution is 2.36. The van der Waals surface area contributed by atoms with Crippen molar-refractivity contribution in [2.45, 2.75) is 38.9 Å². The molecule has 1 saturated heterocycles. The normalized spacial score (nSPS) is 17.1. The number of ether oxygens (including phenoxy) is 1. The minimum absolute atomic E-state index is 0.377. The van der Waals surface area contributed by atoms with E-state index < -0.39 is 7.12 Å². The Morgan fingerprint density at radius 2 is 1.59 bits per heavy atom. The maximum atomic E-state index is 6.12. The van der Waals surface area contributed by atoms with Crippen LogP contribution < -0.4 is 10.2 Å². The van der Waals surface area contributed by atoms with E-state index in [1.54, 1.807) is 13.3 Å². The number of rotatable bonds is 4. The third-order valence-corrected chi connectivity index (χ3v) is 6.26. The fraction of sp³-hybridized carbons (Fsp3) is 0.292. The molecule has 32 heavy (non-hydrogen) atoms. The van der Waals surface area contributed by atoms with Crippen molar-refractivity contribution < 1.29 is 18.6 Å². The molecule has 0 bridgehead atoms. The first-order valence-corrected chi connectivity index (χ1v) is 10.5. The van der Waals surface area contributed by atoms with Gasteiger partial charge in [0.15, 0.2) is 0 Å². The number of fused-ring (bicyclic) bond motifs is 1. The number of methoxy groups -OCH3 is 1. The monoisotopic (exact) mass is 429 g/mol. The molecule has 0 aliphatic carbocycles. The first kappa shape index (κ1) is 20.7. The highest BCUT2D eigenvalue weighted by molar-refractivity contribution is 6.62. The van der Waals surface area contributed by atoms with Crippen LogP contribution in [-0.2, 0) is 9.31 Å². The topological polar surface area (TPSA) is 79.5 Å². The van der Waals surface area contributed by atoms with Crippen LogP contribution in [0.2, 0.25) is 0 Å². The lowest BCUT2D eigenvalue weighted by Gasteiger charge is -2.32.